The zero-order chi connectivity index (χ0) is 12.5. The fourth-order valence-electron chi connectivity index (χ4n) is 2.00. The van der Waals surface area contributed by atoms with E-state index in [1.165, 1.54) is 18.2 Å². The highest BCUT2D eigenvalue weighted by atomic mass is 19.1. The molecule has 1 heterocycles. The van der Waals surface area contributed by atoms with Crippen molar-refractivity contribution in [3.63, 3.8) is 0 Å². The third kappa shape index (κ3) is 2.47. The third-order valence-electron chi connectivity index (χ3n) is 2.97. The molecule has 0 bridgehead atoms. The first-order chi connectivity index (χ1) is 8.04. The maximum Gasteiger partial charge on any atom is 0.170 e. The van der Waals surface area contributed by atoms with Gasteiger partial charge in [0.15, 0.2) is 5.78 Å². The van der Waals surface area contributed by atoms with E-state index < -0.39 is 11.4 Å². The Morgan fingerprint density at radius 3 is 3.00 bits per heavy atom. The molecule has 2 rings (SSSR count). The molecule has 1 aromatic carbocycles. The smallest absolute Gasteiger partial charge is 0.170 e. The minimum atomic E-state index is -0.558. The van der Waals surface area contributed by atoms with E-state index >= 15 is 0 Å². The predicted octanol–water partition coefficient (Wildman–Crippen LogP) is 2.59. The van der Waals surface area contributed by atoms with E-state index in [9.17, 15) is 9.18 Å². The van der Waals surface area contributed by atoms with E-state index in [1.54, 1.807) is 7.11 Å². The second-order valence-corrected chi connectivity index (χ2v) is 4.54. The van der Waals surface area contributed by atoms with Crippen LogP contribution in [-0.2, 0) is 4.74 Å². The van der Waals surface area contributed by atoms with Crippen LogP contribution in [0.4, 0.5) is 4.39 Å². The highest BCUT2D eigenvalue weighted by Gasteiger charge is 2.36. The standard InChI is InChI=1S/C13H15FO3/c1-13(5-6-16-2)8-11(15)10-7-9(14)3-4-12(10)17-13/h3-4,7H,5-6,8H2,1-2H3. The van der Waals surface area contributed by atoms with E-state index in [-0.39, 0.29) is 12.2 Å². The van der Waals surface area contributed by atoms with Crippen LogP contribution in [0.2, 0.25) is 0 Å². The van der Waals surface area contributed by atoms with Gasteiger partial charge in [-0.2, -0.15) is 0 Å². The topological polar surface area (TPSA) is 35.5 Å². The summed E-state index contributed by atoms with van der Waals surface area (Å²) < 4.78 is 23.8. The number of hydrogen-bond acceptors (Lipinski definition) is 3. The average Bonchev–Trinajstić information content (AvgIpc) is 2.28. The third-order valence-corrected chi connectivity index (χ3v) is 2.97. The maximum absolute atomic E-state index is 13.0. The molecule has 3 nitrogen and oxygen atoms in total. The van der Waals surface area contributed by atoms with Gasteiger partial charge in [0.1, 0.15) is 17.2 Å². The summed E-state index contributed by atoms with van der Waals surface area (Å²) in [5.74, 6) is -0.0354. The first-order valence-electron chi connectivity index (χ1n) is 5.55. The number of ether oxygens (including phenoxy) is 2. The molecule has 0 fully saturated rings. The fourth-order valence-corrected chi connectivity index (χ4v) is 2.00. The first kappa shape index (κ1) is 12.0. The summed E-state index contributed by atoms with van der Waals surface area (Å²) in [7, 11) is 1.61. The van der Waals surface area contributed by atoms with Gasteiger partial charge in [-0.25, -0.2) is 4.39 Å². The quantitative estimate of drug-likeness (QED) is 0.812. The lowest BCUT2D eigenvalue weighted by atomic mass is 9.89. The molecule has 17 heavy (non-hydrogen) atoms. The van der Waals surface area contributed by atoms with E-state index in [0.717, 1.165) is 0 Å². The Bertz CT molecular complexity index is 444. The van der Waals surface area contributed by atoms with Gasteiger partial charge < -0.3 is 9.47 Å². The molecule has 0 saturated heterocycles. The maximum atomic E-state index is 13.0. The molecule has 0 aromatic heterocycles. The van der Waals surface area contributed by atoms with Gasteiger partial charge in [-0.3, -0.25) is 4.79 Å². The number of rotatable bonds is 3. The Hall–Kier alpha value is -1.42. The number of carbonyl (C=O) groups excluding carboxylic acids is 1. The highest BCUT2D eigenvalue weighted by molar-refractivity contribution is 6.00. The summed E-state index contributed by atoms with van der Waals surface area (Å²) in [6, 6.07) is 4.04. The molecular formula is C13H15FO3. The van der Waals surface area contributed by atoms with Gasteiger partial charge in [0, 0.05) is 20.1 Å². The SMILES string of the molecule is COCCC1(C)CC(=O)c2cc(F)ccc2O1. The number of methoxy groups -OCH3 is 1. The van der Waals surface area contributed by atoms with Crippen LogP contribution in [-0.4, -0.2) is 25.1 Å². The van der Waals surface area contributed by atoms with E-state index in [1.807, 2.05) is 6.92 Å². The number of fused-ring (bicyclic) bond motifs is 1. The number of ketones is 1. The highest BCUT2D eigenvalue weighted by Crippen LogP contribution is 2.35. The number of Topliss-reactive ketones (excluding diaryl/α,β-unsaturated/α-hetero) is 1. The Labute approximate surface area is 99.5 Å². The molecule has 0 aliphatic carbocycles. The Kier molecular flexibility index (Phi) is 3.15. The van der Waals surface area contributed by atoms with Crippen molar-refractivity contribution in [1.82, 2.24) is 0 Å². The van der Waals surface area contributed by atoms with Crippen molar-refractivity contribution >= 4 is 5.78 Å². The molecule has 0 saturated carbocycles. The summed E-state index contributed by atoms with van der Waals surface area (Å²) >= 11 is 0. The molecule has 0 spiro atoms. The lowest BCUT2D eigenvalue weighted by Gasteiger charge is -2.34. The molecular weight excluding hydrogens is 223 g/mol. The number of benzene rings is 1. The molecule has 92 valence electrons. The van der Waals surface area contributed by atoms with Crippen molar-refractivity contribution in [3.05, 3.63) is 29.6 Å². The van der Waals surface area contributed by atoms with Gasteiger partial charge in [0.2, 0.25) is 0 Å². The minimum absolute atomic E-state index is 0.0793. The lowest BCUT2D eigenvalue weighted by molar-refractivity contribution is 0.0289. The van der Waals surface area contributed by atoms with E-state index in [0.29, 0.717) is 24.3 Å². The molecule has 0 N–H and O–H groups in total. The van der Waals surface area contributed by atoms with Crippen molar-refractivity contribution in [2.24, 2.45) is 0 Å². The zero-order valence-corrected chi connectivity index (χ0v) is 9.96. The number of halogens is 1. The van der Waals surface area contributed by atoms with Crippen LogP contribution in [0.1, 0.15) is 30.1 Å². The zero-order valence-electron chi connectivity index (χ0n) is 9.96. The van der Waals surface area contributed by atoms with Crippen LogP contribution >= 0.6 is 0 Å². The van der Waals surface area contributed by atoms with Gasteiger partial charge in [0.05, 0.1) is 12.0 Å². The molecule has 0 radical (unpaired) electrons. The normalized spacial score (nSPS) is 23.1. The van der Waals surface area contributed by atoms with Gasteiger partial charge in [-0.05, 0) is 25.1 Å². The van der Waals surface area contributed by atoms with Crippen molar-refractivity contribution < 1.29 is 18.7 Å². The Morgan fingerprint density at radius 2 is 2.29 bits per heavy atom. The van der Waals surface area contributed by atoms with Gasteiger partial charge in [-0.15, -0.1) is 0 Å². The van der Waals surface area contributed by atoms with E-state index in [4.69, 9.17) is 9.47 Å². The first-order valence-corrected chi connectivity index (χ1v) is 5.55. The van der Waals surface area contributed by atoms with Gasteiger partial charge >= 0.3 is 0 Å². The Morgan fingerprint density at radius 1 is 1.53 bits per heavy atom. The van der Waals surface area contributed by atoms with Crippen LogP contribution in [0.3, 0.4) is 0 Å². The summed E-state index contributed by atoms with van der Waals surface area (Å²) in [5.41, 5.74) is -0.224. The van der Waals surface area contributed by atoms with Gasteiger partial charge in [-0.1, -0.05) is 0 Å². The summed E-state index contributed by atoms with van der Waals surface area (Å²) in [6.45, 7) is 2.40. The molecule has 1 aromatic rings. The Balaban J connectivity index is 2.27. The largest absolute Gasteiger partial charge is 0.486 e. The monoisotopic (exact) mass is 238 g/mol. The minimum Gasteiger partial charge on any atom is -0.486 e. The van der Waals surface area contributed by atoms with Crippen LogP contribution in [0.5, 0.6) is 5.75 Å². The predicted molar refractivity (Wildman–Crippen MR) is 60.9 cm³/mol. The molecule has 4 heteroatoms. The average molecular weight is 238 g/mol. The summed E-state index contributed by atoms with van der Waals surface area (Å²) in [6.07, 6.45) is 0.888. The van der Waals surface area contributed by atoms with Crippen LogP contribution in [0.15, 0.2) is 18.2 Å². The van der Waals surface area contributed by atoms with Crippen molar-refractivity contribution in [2.75, 3.05) is 13.7 Å². The lowest BCUT2D eigenvalue weighted by Crippen LogP contribution is -2.40. The van der Waals surface area contributed by atoms with Crippen LogP contribution < -0.4 is 4.74 Å². The number of hydrogen-bond donors (Lipinski definition) is 0. The number of carbonyl (C=O) groups is 1. The fraction of sp³-hybridized carbons (Fsp3) is 0.462. The van der Waals surface area contributed by atoms with Crippen molar-refractivity contribution in [1.29, 1.82) is 0 Å². The second-order valence-electron chi connectivity index (χ2n) is 4.54. The summed E-state index contributed by atoms with van der Waals surface area (Å²) in [5, 5.41) is 0. The van der Waals surface area contributed by atoms with Crippen LogP contribution in [0, 0.1) is 5.82 Å². The summed E-state index contributed by atoms with van der Waals surface area (Å²) in [4.78, 5) is 11.9. The van der Waals surface area contributed by atoms with E-state index in [2.05, 4.69) is 0 Å². The molecule has 1 aliphatic heterocycles. The molecule has 1 aliphatic rings. The van der Waals surface area contributed by atoms with Gasteiger partial charge in [0.25, 0.3) is 0 Å². The molecule has 1 atom stereocenters. The second kappa shape index (κ2) is 4.45. The van der Waals surface area contributed by atoms with Crippen molar-refractivity contribution in [3.8, 4) is 5.75 Å². The van der Waals surface area contributed by atoms with Crippen LogP contribution in [0.25, 0.3) is 0 Å². The molecule has 0 amide bonds. The van der Waals surface area contributed by atoms with Crippen molar-refractivity contribution in [2.45, 2.75) is 25.4 Å². The molecule has 1 unspecified atom stereocenters.